The fourth-order valence-electron chi connectivity index (χ4n) is 3.03. The van der Waals surface area contributed by atoms with Crippen molar-refractivity contribution in [3.05, 3.63) is 12.3 Å². The zero-order chi connectivity index (χ0) is 19.4. The number of nitrogens with zero attached hydrogens (tertiary/aromatic N) is 8. The molecule has 0 radical (unpaired) electrons. The molecule has 0 aliphatic carbocycles. The molecule has 2 aromatic rings. The Bertz CT molecular complexity index is 750. The van der Waals surface area contributed by atoms with Crippen molar-refractivity contribution in [3.63, 3.8) is 0 Å². The minimum atomic E-state index is 0.241. The fraction of sp³-hybridized carbons (Fsp3) is 0.588. The molecular formula is C17H26N8O2. The van der Waals surface area contributed by atoms with Crippen LogP contribution >= 0.6 is 0 Å². The van der Waals surface area contributed by atoms with Gasteiger partial charge in [-0.1, -0.05) is 0 Å². The molecular weight excluding hydrogens is 348 g/mol. The van der Waals surface area contributed by atoms with Crippen LogP contribution in [0.1, 0.15) is 12.8 Å². The molecule has 3 heterocycles. The van der Waals surface area contributed by atoms with Gasteiger partial charge in [-0.2, -0.15) is 15.0 Å². The minimum absolute atomic E-state index is 0.241. The summed E-state index contributed by atoms with van der Waals surface area (Å²) in [5.74, 6) is 2.14. The molecule has 0 amide bonds. The lowest BCUT2D eigenvalue weighted by Gasteiger charge is -2.37. The van der Waals surface area contributed by atoms with Crippen LogP contribution in [0.15, 0.2) is 12.3 Å². The SMILES string of the molecule is COc1nc(OC)nc(N2CCCC(N(C)c3nccc(N(C)C)n3)C2)n1. The predicted molar refractivity (Wildman–Crippen MR) is 103 cm³/mol. The maximum atomic E-state index is 5.16. The number of aromatic nitrogens is 5. The van der Waals surface area contributed by atoms with Crippen LogP contribution in [-0.4, -0.2) is 79.4 Å². The van der Waals surface area contributed by atoms with Gasteiger partial charge in [0.15, 0.2) is 0 Å². The number of methoxy groups -OCH3 is 2. The van der Waals surface area contributed by atoms with Gasteiger partial charge in [0.25, 0.3) is 0 Å². The van der Waals surface area contributed by atoms with E-state index < -0.39 is 0 Å². The van der Waals surface area contributed by atoms with E-state index in [-0.39, 0.29) is 18.1 Å². The lowest BCUT2D eigenvalue weighted by atomic mass is 10.1. The van der Waals surface area contributed by atoms with Crippen molar-refractivity contribution < 1.29 is 9.47 Å². The Morgan fingerprint density at radius 2 is 1.74 bits per heavy atom. The standard InChI is InChI=1S/C17H26N8O2/c1-23(2)13-8-9-18-14(19-13)24(3)12-7-6-10-25(11-12)15-20-16(26-4)22-17(21-15)27-5/h8-9,12H,6-7,10-11H2,1-5H3. The molecule has 0 bridgehead atoms. The van der Waals surface area contributed by atoms with Crippen LogP contribution in [0, 0.1) is 0 Å². The third-order valence-corrected chi connectivity index (χ3v) is 4.58. The fourth-order valence-corrected chi connectivity index (χ4v) is 3.03. The molecule has 27 heavy (non-hydrogen) atoms. The largest absolute Gasteiger partial charge is 0.467 e. The molecule has 10 heteroatoms. The molecule has 1 unspecified atom stereocenters. The van der Waals surface area contributed by atoms with Crippen molar-refractivity contribution in [2.75, 3.05) is 63.2 Å². The molecule has 0 N–H and O–H groups in total. The highest BCUT2D eigenvalue weighted by Crippen LogP contribution is 2.24. The van der Waals surface area contributed by atoms with Gasteiger partial charge in [-0.15, -0.1) is 4.98 Å². The molecule has 0 aromatic carbocycles. The molecule has 0 saturated carbocycles. The summed E-state index contributed by atoms with van der Waals surface area (Å²) in [6, 6.07) is 2.63. The Labute approximate surface area is 159 Å². The van der Waals surface area contributed by atoms with Crippen molar-refractivity contribution in [3.8, 4) is 12.0 Å². The number of likely N-dealkylation sites (N-methyl/N-ethyl adjacent to an activating group) is 1. The van der Waals surface area contributed by atoms with Crippen molar-refractivity contribution in [2.24, 2.45) is 0 Å². The molecule has 2 aromatic heterocycles. The first-order valence-corrected chi connectivity index (χ1v) is 8.84. The van der Waals surface area contributed by atoms with Gasteiger partial charge in [0.1, 0.15) is 5.82 Å². The Kier molecular flexibility index (Phi) is 5.72. The number of piperidine rings is 1. The van der Waals surface area contributed by atoms with E-state index in [1.807, 2.05) is 32.1 Å². The predicted octanol–water partition coefficient (Wildman–Crippen LogP) is 0.850. The van der Waals surface area contributed by atoms with Crippen LogP contribution in [0.4, 0.5) is 17.7 Å². The van der Waals surface area contributed by atoms with Gasteiger partial charge in [-0.25, -0.2) is 4.98 Å². The molecule has 1 atom stereocenters. The zero-order valence-electron chi connectivity index (χ0n) is 16.5. The summed E-state index contributed by atoms with van der Waals surface area (Å²) in [4.78, 5) is 28.1. The monoisotopic (exact) mass is 374 g/mol. The molecule has 1 saturated heterocycles. The van der Waals surface area contributed by atoms with Crippen LogP contribution in [0.2, 0.25) is 0 Å². The summed E-state index contributed by atoms with van der Waals surface area (Å²) >= 11 is 0. The summed E-state index contributed by atoms with van der Waals surface area (Å²) in [5.41, 5.74) is 0. The molecule has 1 aliphatic rings. The average molecular weight is 374 g/mol. The second-order valence-corrected chi connectivity index (χ2v) is 6.57. The second-order valence-electron chi connectivity index (χ2n) is 6.57. The van der Waals surface area contributed by atoms with Crippen LogP contribution in [0.25, 0.3) is 0 Å². The number of hydrogen-bond acceptors (Lipinski definition) is 10. The van der Waals surface area contributed by atoms with E-state index in [2.05, 4.69) is 34.7 Å². The van der Waals surface area contributed by atoms with E-state index in [4.69, 9.17) is 9.47 Å². The van der Waals surface area contributed by atoms with Crippen molar-refractivity contribution >= 4 is 17.7 Å². The highest BCUT2D eigenvalue weighted by molar-refractivity contribution is 5.43. The smallest absolute Gasteiger partial charge is 0.324 e. The zero-order valence-corrected chi connectivity index (χ0v) is 16.5. The van der Waals surface area contributed by atoms with Crippen molar-refractivity contribution in [1.29, 1.82) is 0 Å². The number of anilines is 3. The van der Waals surface area contributed by atoms with Gasteiger partial charge < -0.3 is 24.2 Å². The van der Waals surface area contributed by atoms with Crippen LogP contribution < -0.4 is 24.2 Å². The van der Waals surface area contributed by atoms with Gasteiger partial charge in [0.2, 0.25) is 11.9 Å². The summed E-state index contributed by atoms with van der Waals surface area (Å²) in [5, 5.41) is 0. The topological polar surface area (TPSA) is 92.6 Å². The second kappa shape index (κ2) is 8.19. The number of hydrogen-bond donors (Lipinski definition) is 0. The van der Waals surface area contributed by atoms with Gasteiger partial charge in [0, 0.05) is 46.5 Å². The first-order valence-electron chi connectivity index (χ1n) is 8.84. The van der Waals surface area contributed by atoms with Crippen molar-refractivity contribution in [2.45, 2.75) is 18.9 Å². The Balaban J connectivity index is 1.79. The third-order valence-electron chi connectivity index (χ3n) is 4.58. The lowest BCUT2D eigenvalue weighted by Crippen LogP contribution is -2.47. The van der Waals surface area contributed by atoms with E-state index in [1.165, 1.54) is 14.2 Å². The molecule has 146 valence electrons. The molecule has 0 spiro atoms. The third kappa shape index (κ3) is 4.26. The van der Waals surface area contributed by atoms with E-state index in [9.17, 15) is 0 Å². The normalized spacial score (nSPS) is 16.8. The van der Waals surface area contributed by atoms with Crippen LogP contribution in [0.5, 0.6) is 12.0 Å². The quantitative estimate of drug-likeness (QED) is 0.724. The average Bonchev–Trinajstić information content (AvgIpc) is 2.72. The summed E-state index contributed by atoms with van der Waals surface area (Å²) in [6.07, 6.45) is 3.84. The summed E-state index contributed by atoms with van der Waals surface area (Å²) < 4.78 is 10.3. The molecule has 1 aliphatic heterocycles. The van der Waals surface area contributed by atoms with Gasteiger partial charge >= 0.3 is 12.0 Å². The molecule has 1 fully saturated rings. The Morgan fingerprint density at radius 1 is 1.04 bits per heavy atom. The summed E-state index contributed by atoms with van der Waals surface area (Å²) in [7, 11) is 9.02. The van der Waals surface area contributed by atoms with Crippen LogP contribution in [0.3, 0.4) is 0 Å². The van der Waals surface area contributed by atoms with Crippen LogP contribution in [-0.2, 0) is 0 Å². The van der Waals surface area contributed by atoms with E-state index in [0.717, 1.165) is 31.7 Å². The number of rotatable bonds is 6. The highest BCUT2D eigenvalue weighted by Gasteiger charge is 2.27. The number of ether oxygens (including phenoxy) is 2. The van der Waals surface area contributed by atoms with E-state index in [1.54, 1.807) is 6.20 Å². The maximum absolute atomic E-state index is 5.16. The van der Waals surface area contributed by atoms with Gasteiger partial charge in [0.05, 0.1) is 14.2 Å². The molecule has 3 rings (SSSR count). The van der Waals surface area contributed by atoms with Gasteiger partial charge in [-0.3, -0.25) is 0 Å². The lowest BCUT2D eigenvalue weighted by molar-refractivity contribution is 0.338. The maximum Gasteiger partial charge on any atom is 0.324 e. The Morgan fingerprint density at radius 3 is 2.37 bits per heavy atom. The summed E-state index contributed by atoms with van der Waals surface area (Å²) in [6.45, 7) is 1.61. The minimum Gasteiger partial charge on any atom is -0.467 e. The van der Waals surface area contributed by atoms with Crippen molar-refractivity contribution in [1.82, 2.24) is 24.9 Å². The first-order chi connectivity index (χ1) is 13.0. The Hall–Kier alpha value is -2.91. The highest BCUT2D eigenvalue weighted by atomic mass is 16.5. The van der Waals surface area contributed by atoms with E-state index >= 15 is 0 Å². The van der Waals surface area contributed by atoms with E-state index in [0.29, 0.717) is 11.9 Å². The first kappa shape index (κ1) is 18.9. The van der Waals surface area contributed by atoms with Gasteiger partial charge in [-0.05, 0) is 18.9 Å². The molecule has 10 nitrogen and oxygen atoms in total.